The number of rotatable bonds is 0. The van der Waals surface area contributed by atoms with Crippen LogP contribution < -0.4 is 0 Å². The number of hydrogen-bond donors (Lipinski definition) is 0. The SMILES string of the molecule is O=[Si]=O.[Cr+3].[Cr+3].[O-2].[O-2].[O-2]. The Kier molecular flexibility index (Phi) is 989. The van der Waals surface area contributed by atoms with E-state index < -0.39 is 9.29 Å². The van der Waals surface area contributed by atoms with Crippen molar-refractivity contribution in [2.24, 2.45) is 0 Å². The third-order valence-corrected chi connectivity index (χ3v) is 0. The Morgan fingerprint density at radius 3 is 0.750 bits per heavy atom. The summed E-state index contributed by atoms with van der Waals surface area (Å²) in [5.41, 5.74) is 0. The molecule has 0 aliphatic heterocycles. The average Bonchev–Trinajstić information content (AvgIpc) is 0.918. The molecule has 8 heteroatoms. The molecule has 0 aliphatic carbocycles. The van der Waals surface area contributed by atoms with Crippen molar-refractivity contribution in [3.63, 3.8) is 0 Å². The minimum Gasteiger partial charge on any atom is -2.00 e. The van der Waals surface area contributed by atoms with Crippen molar-refractivity contribution < 1.29 is 60.1 Å². The largest absolute Gasteiger partial charge is 3.00 e. The second-order valence-electron chi connectivity index (χ2n) is 0.0833. The first-order chi connectivity index (χ1) is 1.41. The Bertz CT molecular complexity index is 31.4. The fourth-order valence-electron chi connectivity index (χ4n) is 0. The summed E-state index contributed by atoms with van der Waals surface area (Å²) in [6, 6.07) is 0. The third kappa shape index (κ3) is 387. The topological polar surface area (TPSA) is 120 Å². The molecule has 0 N–H and O–H groups in total. The molecule has 0 atom stereocenters. The van der Waals surface area contributed by atoms with E-state index >= 15 is 0 Å². The van der Waals surface area contributed by atoms with Crippen LogP contribution in [0.5, 0.6) is 0 Å². The minimum atomic E-state index is -1.42. The zero-order chi connectivity index (χ0) is 2.71. The Balaban J connectivity index is -0.00000000200. The van der Waals surface area contributed by atoms with E-state index in [0.717, 1.165) is 0 Å². The van der Waals surface area contributed by atoms with Crippen molar-refractivity contribution in [3.8, 4) is 0 Å². The molecule has 0 fully saturated rings. The van der Waals surface area contributed by atoms with Crippen LogP contribution in [0, 0.1) is 0 Å². The molecule has 0 aliphatic rings. The molecule has 0 aromatic heterocycles. The van der Waals surface area contributed by atoms with Crippen molar-refractivity contribution in [2.75, 3.05) is 0 Å². The fraction of sp³-hybridized carbons (Fsp3) is 0. The first-order valence-electron chi connectivity index (χ1n) is 0.408. The van der Waals surface area contributed by atoms with Crippen LogP contribution in [0.1, 0.15) is 0 Å². The maximum atomic E-state index is 8.40. The van der Waals surface area contributed by atoms with Crippen molar-refractivity contribution >= 4 is 9.29 Å². The van der Waals surface area contributed by atoms with E-state index in [2.05, 4.69) is 0 Å². The molecule has 5 nitrogen and oxygen atoms in total. The summed E-state index contributed by atoms with van der Waals surface area (Å²) in [6.45, 7) is 0. The maximum absolute atomic E-state index is 8.40. The molecule has 0 saturated carbocycles. The van der Waals surface area contributed by atoms with E-state index in [0.29, 0.717) is 0 Å². The van der Waals surface area contributed by atoms with Gasteiger partial charge in [-0.05, 0) is 0 Å². The van der Waals surface area contributed by atoms with Gasteiger partial charge in [-0.1, -0.05) is 0 Å². The monoisotopic (exact) mass is 212 g/mol. The van der Waals surface area contributed by atoms with Crippen LogP contribution in [0.3, 0.4) is 0 Å². The summed E-state index contributed by atoms with van der Waals surface area (Å²) in [5.74, 6) is 0. The second kappa shape index (κ2) is 114. The molecule has 0 aromatic carbocycles. The molecule has 2 radical (unpaired) electrons. The minimum absolute atomic E-state index is 0. The summed E-state index contributed by atoms with van der Waals surface area (Å²) in [7, 11) is -1.42. The molecule has 8 heavy (non-hydrogen) atoms. The van der Waals surface area contributed by atoms with Crippen LogP contribution in [0.4, 0.5) is 0 Å². The van der Waals surface area contributed by atoms with Gasteiger partial charge in [0, 0.05) is 0 Å². The van der Waals surface area contributed by atoms with Gasteiger partial charge in [-0.2, -0.15) is 0 Å². The maximum Gasteiger partial charge on any atom is 3.00 e. The van der Waals surface area contributed by atoms with Gasteiger partial charge in [0.1, 0.15) is 0 Å². The molecule has 0 aromatic rings. The summed E-state index contributed by atoms with van der Waals surface area (Å²) in [6.07, 6.45) is 0. The fourth-order valence-corrected chi connectivity index (χ4v) is 0. The third-order valence-electron chi connectivity index (χ3n) is 0. The molecule has 0 spiro atoms. The first kappa shape index (κ1) is 69.2. The van der Waals surface area contributed by atoms with Gasteiger partial charge in [-0.3, -0.25) is 8.92 Å². The quantitative estimate of drug-likeness (QED) is 0.479. The van der Waals surface area contributed by atoms with Crippen LogP contribution in [0.15, 0.2) is 0 Å². The van der Waals surface area contributed by atoms with E-state index in [-0.39, 0.29) is 51.2 Å². The van der Waals surface area contributed by atoms with E-state index in [1.165, 1.54) is 0 Å². The van der Waals surface area contributed by atoms with E-state index in [1.807, 2.05) is 0 Å². The van der Waals surface area contributed by atoms with Gasteiger partial charge in [0.2, 0.25) is 0 Å². The second-order valence-corrected chi connectivity index (χ2v) is 0.250. The molecule has 0 heterocycles. The van der Waals surface area contributed by atoms with E-state index in [1.54, 1.807) is 0 Å². The molecular formula is Cr2O5Si. The summed E-state index contributed by atoms with van der Waals surface area (Å²) in [5, 5.41) is 0. The van der Waals surface area contributed by atoms with Crippen molar-refractivity contribution in [3.05, 3.63) is 0 Å². The Hall–Kier alpha value is 0.762. The standard InChI is InChI=1S/2Cr.O2Si.3O/c;;1-3-2;;;/q2*+3;;3*-2. The van der Waals surface area contributed by atoms with Crippen LogP contribution in [0.25, 0.3) is 0 Å². The smallest absolute Gasteiger partial charge is 2.00 e. The van der Waals surface area contributed by atoms with Gasteiger partial charge in [0.25, 0.3) is 0 Å². The zero-order valence-electron chi connectivity index (χ0n) is 3.36. The van der Waals surface area contributed by atoms with Gasteiger partial charge in [-0.15, -0.1) is 0 Å². The molecule has 0 amide bonds. The summed E-state index contributed by atoms with van der Waals surface area (Å²) < 4.78 is 16.8. The zero-order valence-corrected chi connectivity index (χ0v) is 6.91. The van der Waals surface area contributed by atoms with Gasteiger partial charge in [-0.25, -0.2) is 0 Å². The molecule has 0 saturated heterocycles. The summed E-state index contributed by atoms with van der Waals surface area (Å²) in [4.78, 5) is 0. The first-order valence-corrected chi connectivity index (χ1v) is 1.22. The predicted octanol–water partition coefficient (Wildman–Crippen LogP) is -0.980. The Morgan fingerprint density at radius 1 is 0.750 bits per heavy atom. The predicted molar refractivity (Wildman–Crippen MR) is 9.19 cm³/mol. The van der Waals surface area contributed by atoms with Crippen molar-refractivity contribution in [2.45, 2.75) is 0 Å². The molecule has 0 unspecified atom stereocenters. The summed E-state index contributed by atoms with van der Waals surface area (Å²) >= 11 is 0. The van der Waals surface area contributed by atoms with Gasteiger partial charge < -0.3 is 16.4 Å². The van der Waals surface area contributed by atoms with Crippen molar-refractivity contribution in [1.29, 1.82) is 0 Å². The molecule has 46 valence electrons. The normalized spacial score (nSPS) is 1.00. The average molecular weight is 212 g/mol. The van der Waals surface area contributed by atoms with Crippen LogP contribution >= 0.6 is 0 Å². The van der Waals surface area contributed by atoms with Crippen LogP contribution in [0.2, 0.25) is 0 Å². The van der Waals surface area contributed by atoms with Crippen molar-refractivity contribution in [1.82, 2.24) is 0 Å². The van der Waals surface area contributed by atoms with E-state index in [9.17, 15) is 0 Å². The molecular weight excluding hydrogens is 212 g/mol. The Morgan fingerprint density at radius 2 is 0.750 bits per heavy atom. The van der Waals surface area contributed by atoms with E-state index in [4.69, 9.17) is 8.92 Å². The van der Waals surface area contributed by atoms with Gasteiger partial charge >= 0.3 is 44.0 Å². The van der Waals surface area contributed by atoms with Crippen LogP contribution in [-0.4, -0.2) is 9.29 Å². The Labute approximate surface area is 69.6 Å². The molecule has 0 bridgehead atoms. The number of hydrogen-bond acceptors (Lipinski definition) is 2. The molecule has 0 rings (SSSR count). The van der Waals surface area contributed by atoms with Crippen LogP contribution in [-0.2, 0) is 60.1 Å². The van der Waals surface area contributed by atoms with Gasteiger partial charge in [0.05, 0.1) is 0 Å². The van der Waals surface area contributed by atoms with Gasteiger partial charge in [0.15, 0.2) is 0 Å².